The number of hydrogen-bond acceptors (Lipinski definition) is 3. The standard InChI is InChI=1S/C15H11BrN2O2/c1-9-6-10(2-5-14(9)19)15(20)18-13-4-3-12(16)7-11(13)8-17/h2-7,19H,1H3,(H,18,20). The molecule has 100 valence electrons. The van der Waals surface area contributed by atoms with E-state index in [2.05, 4.69) is 21.2 Å². The number of hydrogen-bond donors (Lipinski definition) is 2. The predicted octanol–water partition coefficient (Wildman–Crippen LogP) is 3.59. The van der Waals surface area contributed by atoms with Gasteiger partial charge in [-0.05, 0) is 48.9 Å². The Labute approximate surface area is 124 Å². The van der Waals surface area contributed by atoms with Gasteiger partial charge in [-0.3, -0.25) is 4.79 Å². The van der Waals surface area contributed by atoms with E-state index in [4.69, 9.17) is 5.26 Å². The molecular formula is C15H11BrN2O2. The van der Waals surface area contributed by atoms with Crippen LogP contribution in [0.5, 0.6) is 5.75 Å². The lowest BCUT2D eigenvalue weighted by Gasteiger charge is -2.08. The number of phenols is 1. The molecule has 2 rings (SSSR count). The number of benzene rings is 2. The molecule has 0 aromatic heterocycles. The lowest BCUT2D eigenvalue weighted by Crippen LogP contribution is -2.13. The molecule has 0 spiro atoms. The maximum atomic E-state index is 12.1. The van der Waals surface area contributed by atoms with Gasteiger partial charge in [-0.15, -0.1) is 0 Å². The highest BCUT2D eigenvalue weighted by atomic mass is 79.9. The molecule has 0 fully saturated rings. The van der Waals surface area contributed by atoms with Crippen molar-refractivity contribution in [1.29, 1.82) is 5.26 Å². The minimum absolute atomic E-state index is 0.142. The van der Waals surface area contributed by atoms with Gasteiger partial charge in [0.15, 0.2) is 0 Å². The normalized spacial score (nSPS) is 9.85. The Hall–Kier alpha value is -2.32. The highest BCUT2D eigenvalue weighted by molar-refractivity contribution is 9.10. The number of aromatic hydroxyl groups is 1. The second kappa shape index (κ2) is 5.76. The first kappa shape index (κ1) is 14.1. The lowest BCUT2D eigenvalue weighted by molar-refractivity contribution is 0.102. The van der Waals surface area contributed by atoms with Crippen molar-refractivity contribution in [2.45, 2.75) is 6.92 Å². The molecule has 1 amide bonds. The number of anilines is 1. The first-order valence-electron chi connectivity index (χ1n) is 5.82. The van der Waals surface area contributed by atoms with E-state index in [9.17, 15) is 9.90 Å². The number of carbonyl (C=O) groups is 1. The van der Waals surface area contributed by atoms with E-state index in [1.165, 1.54) is 12.1 Å². The van der Waals surface area contributed by atoms with Gasteiger partial charge in [-0.1, -0.05) is 15.9 Å². The zero-order chi connectivity index (χ0) is 14.7. The summed E-state index contributed by atoms with van der Waals surface area (Å²) in [7, 11) is 0. The number of carbonyl (C=O) groups excluding carboxylic acids is 1. The average Bonchev–Trinajstić information content (AvgIpc) is 2.43. The number of aryl methyl sites for hydroxylation is 1. The van der Waals surface area contributed by atoms with Gasteiger partial charge in [-0.2, -0.15) is 5.26 Å². The molecule has 0 radical (unpaired) electrons. The van der Waals surface area contributed by atoms with E-state index in [0.29, 0.717) is 22.4 Å². The Balaban J connectivity index is 2.28. The van der Waals surface area contributed by atoms with Gasteiger partial charge in [0.25, 0.3) is 5.91 Å². The molecule has 2 aromatic rings. The van der Waals surface area contributed by atoms with Gasteiger partial charge in [0.1, 0.15) is 11.8 Å². The maximum Gasteiger partial charge on any atom is 0.255 e. The van der Waals surface area contributed by atoms with Crippen LogP contribution in [-0.2, 0) is 0 Å². The third-order valence-corrected chi connectivity index (χ3v) is 3.30. The van der Waals surface area contributed by atoms with Crippen LogP contribution in [0.15, 0.2) is 40.9 Å². The first-order chi connectivity index (χ1) is 9.51. The minimum atomic E-state index is -0.327. The van der Waals surface area contributed by atoms with Crippen LogP contribution >= 0.6 is 15.9 Å². The Morgan fingerprint density at radius 1 is 1.30 bits per heavy atom. The van der Waals surface area contributed by atoms with Crippen molar-refractivity contribution in [1.82, 2.24) is 0 Å². The number of halogens is 1. The Kier molecular flexibility index (Phi) is 4.06. The lowest BCUT2D eigenvalue weighted by atomic mass is 10.1. The average molecular weight is 331 g/mol. The smallest absolute Gasteiger partial charge is 0.255 e. The molecule has 0 unspecified atom stereocenters. The van der Waals surface area contributed by atoms with Crippen LogP contribution in [0.3, 0.4) is 0 Å². The molecule has 0 aliphatic rings. The van der Waals surface area contributed by atoms with E-state index in [1.54, 1.807) is 31.2 Å². The summed E-state index contributed by atoms with van der Waals surface area (Å²) in [6.45, 7) is 1.71. The summed E-state index contributed by atoms with van der Waals surface area (Å²) in [5.74, 6) is -0.185. The predicted molar refractivity (Wildman–Crippen MR) is 79.7 cm³/mol. The first-order valence-corrected chi connectivity index (χ1v) is 6.61. The Bertz CT molecular complexity index is 720. The van der Waals surface area contributed by atoms with Crippen molar-refractivity contribution in [2.24, 2.45) is 0 Å². The summed E-state index contributed by atoms with van der Waals surface area (Å²) in [6.07, 6.45) is 0. The number of nitriles is 1. The zero-order valence-electron chi connectivity index (χ0n) is 10.6. The van der Waals surface area contributed by atoms with Gasteiger partial charge < -0.3 is 10.4 Å². The highest BCUT2D eigenvalue weighted by Crippen LogP contribution is 2.22. The third kappa shape index (κ3) is 2.98. The number of phenolic OH excluding ortho intramolecular Hbond substituents is 1. The molecule has 0 saturated carbocycles. The van der Waals surface area contributed by atoms with Gasteiger partial charge in [0, 0.05) is 10.0 Å². The van der Waals surface area contributed by atoms with E-state index in [-0.39, 0.29) is 11.7 Å². The number of nitrogens with one attached hydrogen (secondary N) is 1. The van der Waals surface area contributed by atoms with Crippen LogP contribution in [-0.4, -0.2) is 11.0 Å². The fourth-order valence-electron chi connectivity index (χ4n) is 1.71. The Morgan fingerprint density at radius 3 is 2.70 bits per heavy atom. The van der Waals surface area contributed by atoms with Crippen LogP contribution in [0, 0.1) is 18.3 Å². The topological polar surface area (TPSA) is 73.1 Å². The van der Waals surface area contributed by atoms with Crippen LogP contribution in [0.2, 0.25) is 0 Å². The summed E-state index contributed by atoms with van der Waals surface area (Å²) >= 11 is 3.27. The monoisotopic (exact) mass is 330 g/mol. The van der Waals surface area contributed by atoms with Crippen molar-refractivity contribution in [2.75, 3.05) is 5.32 Å². The van der Waals surface area contributed by atoms with Crippen molar-refractivity contribution in [3.63, 3.8) is 0 Å². The number of nitrogens with zero attached hydrogens (tertiary/aromatic N) is 1. The van der Waals surface area contributed by atoms with E-state index >= 15 is 0 Å². The fraction of sp³-hybridized carbons (Fsp3) is 0.0667. The largest absolute Gasteiger partial charge is 0.508 e. The maximum absolute atomic E-state index is 12.1. The van der Waals surface area contributed by atoms with Crippen LogP contribution < -0.4 is 5.32 Å². The van der Waals surface area contributed by atoms with Crippen LogP contribution in [0.1, 0.15) is 21.5 Å². The second-order valence-electron chi connectivity index (χ2n) is 4.26. The molecule has 0 aliphatic heterocycles. The second-order valence-corrected chi connectivity index (χ2v) is 5.17. The minimum Gasteiger partial charge on any atom is -0.508 e. The summed E-state index contributed by atoms with van der Waals surface area (Å²) in [6, 6.07) is 11.7. The van der Waals surface area contributed by atoms with Gasteiger partial charge in [0.2, 0.25) is 0 Å². The molecule has 0 saturated heterocycles. The summed E-state index contributed by atoms with van der Waals surface area (Å²) in [5.41, 5.74) is 1.87. The van der Waals surface area contributed by atoms with Crippen LogP contribution in [0.25, 0.3) is 0 Å². The van der Waals surface area contributed by atoms with Crippen molar-refractivity contribution < 1.29 is 9.90 Å². The van der Waals surface area contributed by atoms with Crippen molar-refractivity contribution >= 4 is 27.5 Å². The SMILES string of the molecule is Cc1cc(C(=O)Nc2ccc(Br)cc2C#N)ccc1O. The molecular weight excluding hydrogens is 320 g/mol. The van der Waals surface area contributed by atoms with E-state index in [1.807, 2.05) is 6.07 Å². The number of amides is 1. The molecule has 0 heterocycles. The summed E-state index contributed by atoms with van der Waals surface area (Å²) in [5, 5.41) is 21.2. The molecule has 20 heavy (non-hydrogen) atoms. The summed E-state index contributed by atoms with van der Waals surface area (Å²) in [4.78, 5) is 12.1. The van der Waals surface area contributed by atoms with E-state index in [0.717, 1.165) is 4.47 Å². The van der Waals surface area contributed by atoms with Crippen LogP contribution in [0.4, 0.5) is 5.69 Å². The van der Waals surface area contributed by atoms with Crippen molar-refractivity contribution in [3.8, 4) is 11.8 Å². The van der Waals surface area contributed by atoms with Gasteiger partial charge in [-0.25, -0.2) is 0 Å². The third-order valence-electron chi connectivity index (χ3n) is 2.81. The molecule has 0 aliphatic carbocycles. The molecule has 4 nitrogen and oxygen atoms in total. The highest BCUT2D eigenvalue weighted by Gasteiger charge is 2.10. The molecule has 0 atom stereocenters. The van der Waals surface area contributed by atoms with Gasteiger partial charge >= 0.3 is 0 Å². The zero-order valence-corrected chi connectivity index (χ0v) is 12.2. The Morgan fingerprint density at radius 2 is 2.05 bits per heavy atom. The molecule has 2 N–H and O–H groups in total. The van der Waals surface area contributed by atoms with Gasteiger partial charge in [0.05, 0.1) is 11.3 Å². The molecule has 0 bridgehead atoms. The number of rotatable bonds is 2. The van der Waals surface area contributed by atoms with Crippen molar-refractivity contribution in [3.05, 3.63) is 57.6 Å². The summed E-state index contributed by atoms with van der Waals surface area (Å²) < 4.78 is 0.771. The van der Waals surface area contributed by atoms with E-state index < -0.39 is 0 Å². The molecule has 5 heteroatoms. The quantitative estimate of drug-likeness (QED) is 0.883. The molecule has 2 aromatic carbocycles. The fourth-order valence-corrected chi connectivity index (χ4v) is 2.07.